The molecule has 0 amide bonds. The minimum absolute atomic E-state index is 0.530. The van der Waals surface area contributed by atoms with E-state index in [9.17, 15) is 4.39 Å². The number of azo groups is 1. The van der Waals surface area contributed by atoms with Crippen LogP contribution in [0.2, 0.25) is 5.02 Å². The second kappa shape index (κ2) is 4.18. The molecule has 0 radical (unpaired) electrons. The maximum atomic E-state index is 13.1. The van der Waals surface area contributed by atoms with Gasteiger partial charge in [0.1, 0.15) is 12.2 Å². The number of hydrogen-bond donors (Lipinski definition) is 0. The fourth-order valence-corrected chi connectivity index (χ4v) is 2.54. The third-order valence-corrected chi connectivity index (χ3v) is 3.35. The summed E-state index contributed by atoms with van der Waals surface area (Å²) in [5, 5.41) is 8.39. The van der Waals surface area contributed by atoms with Gasteiger partial charge in [-0.25, -0.2) is 4.39 Å². The van der Waals surface area contributed by atoms with Crippen molar-refractivity contribution in [2.24, 2.45) is 10.2 Å². The number of hydrogen-bond acceptors (Lipinski definition) is 2. The van der Waals surface area contributed by atoms with Gasteiger partial charge in [-0.05, 0) is 12.1 Å². The van der Waals surface area contributed by atoms with Crippen molar-refractivity contribution in [1.29, 1.82) is 0 Å². The highest BCUT2D eigenvalue weighted by molar-refractivity contribution is 9.10. The summed E-state index contributed by atoms with van der Waals surface area (Å²) in [7, 11) is 0. The summed E-state index contributed by atoms with van der Waals surface area (Å²) in [4.78, 5) is 0. The zero-order valence-corrected chi connectivity index (χ0v) is 10.2. The first kappa shape index (κ1) is 11.0. The second-order valence-corrected chi connectivity index (χ2v) is 4.83. The van der Waals surface area contributed by atoms with Crippen LogP contribution >= 0.6 is 27.5 Å². The Labute approximate surface area is 101 Å². The summed E-state index contributed by atoms with van der Waals surface area (Å²) in [5.41, 5.74) is -0.131. The van der Waals surface area contributed by atoms with E-state index in [0.29, 0.717) is 18.0 Å². The van der Waals surface area contributed by atoms with Crippen molar-refractivity contribution >= 4 is 27.5 Å². The molecule has 1 aromatic carbocycles. The Morgan fingerprint density at radius 3 is 2.87 bits per heavy atom. The lowest BCUT2D eigenvalue weighted by Gasteiger charge is -2.22. The van der Waals surface area contributed by atoms with E-state index < -0.39 is 12.2 Å². The third-order valence-electron chi connectivity index (χ3n) is 2.54. The van der Waals surface area contributed by atoms with Crippen LogP contribution in [0.15, 0.2) is 32.9 Å². The van der Waals surface area contributed by atoms with Gasteiger partial charge in [0.2, 0.25) is 0 Å². The molecule has 0 aromatic heterocycles. The average Bonchev–Trinajstić information content (AvgIpc) is 2.67. The monoisotopic (exact) mass is 290 g/mol. The van der Waals surface area contributed by atoms with Gasteiger partial charge < -0.3 is 0 Å². The van der Waals surface area contributed by atoms with Crippen LogP contribution in [0, 0.1) is 0 Å². The number of rotatable bonds is 2. The Hall–Kier alpha value is -0.480. The van der Waals surface area contributed by atoms with Crippen LogP contribution < -0.4 is 0 Å². The van der Waals surface area contributed by atoms with E-state index in [1.54, 1.807) is 12.1 Å². The number of halogens is 3. The molecule has 0 saturated heterocycles. The predicted octanol–water partition coefficient (Wildman–Crippen LogP) is 4.12. The van der Waals surface area contributed by atoms with E-state index in [4.69, 9.17) is 11.6 Å². The van der Waals surface area contributed by atoms with Crippen molar-refractivity contribution in [3.05, 3.63) is 33.3 Å². The van der Waals surface area contributed by atoms with Crippen molar-refractivity contribution in [3.8, 4) is 0 Å². The fourth-order valence-electron chi connectivity index (χ4n) is 1.69. The van der Waals surface area contributed by atoms with Crippen molar-refractivity contribution < 1.29 is 4.39 Å². The second-order valence-electron chi connectivity index (χ2n) is 3.50. The summed E-state index contributed by atoms with van der Waals surface area (Å²) >= 11 is 9.39. The fraction of sp³-hybridized carbons (Fsp3) is 0.400. The normalized spacial score (nSPS) is 24.7. The molecule has 1 aliphatic rings. The summed E-state index contributed by atoms with van der Waals surface area (Å²) in [6, 6.07) is 5.39. The van der Waals surface area contributed by atoms with Crippen LogP contribution in [-0.2, 0) is 5.54 Å². The molecule has 0 N–H and O–H groups in total. The maximum absolute atomic E-state index is 13.1. The minimum Gasteiger partial charge on any atom is -0.248 e. The highest BCUT2D eigenvalue weighted by Crippen LogP contribution is 2.39. The van der Waals surface area contributed by atoms with Gasteiger partial charge >= 0.3 is 0 Å². The lowest BCUT2D eigenvalue weighted by molar-refractivity contribution is 0.316. The number of benzene rings is 1. The van der Waals surface area contributed by atoms with Crippen LogP contribution in [0.3, 0.4) is 0 Å². The van der Waals surface area contributed by atoms with Crippen molar-refractivity contribution in [1.82, 2.24) is 0 Å². The Morgan fingerprint density at radius 2 is 2.33 bits per heavy atom. The SMILES string of the molecule is FCC1(c2ccc(Br)cc2Cl)CCN=N1. The van der Waals surface area contributed by atoms with Crippen molar-refractivity contribution in [3.63, 3.8) is 0 Å². The lowest BCUT2D eigenvalue weighted by atomic mass is 9.89. The molecule has 1 atom stereocenters. The van der Waals surface area contributed by atoms with Gasteiger partial charge in [0.25, 0.3) is 0 Å². The minimum atomic E-state index is -0.849. The highest BCUT2D eigenvalue weighted by Gasteiger charge is 2.37. The van der Waals surface area contributed by atoms with Gasteiger partial charge in [-0.3, -0.25) is 0 Å². The first-order valence-corrected chi connectivity index (χ1v) is 5.75. The molecule has 0 bridgehead atoms. The van der Waals surface area contributed by atoms with Crippen LogP contribution in [-0.4, -0.2) is 13.2 Å². The molecule has 1 heterocycles. The van der Waals surface area contributed by atoms with Gasteiger partial charge in [0.15, 0.2) is 0 Å². The standard InChI is InChI=1S/C10H9BrClFN2/c11-7-1-2-8(9(12)5-7)10(6-13)3-4-14-15-10/h1-2,5H,3-4,6H2. The van der Waals surface area contributed by atoms with E-state index in [-0.39, 0.29) is 0 Å². The molecule has 80 valence electrons. The summed E-state index contributed by atoms with van der Waals surface area (Å²) in [5.74, 6) is 0. The molecule has 0 saturated carbocycles. The largest absolute Gasteiger partial charge is 0.248 e. The van der Waals surface area contributed by atoms with Crippen molar-refractivity contribution in [2.45, 2.75) is 12.0 Å². The molecule has 15 heavy (non-hydrogen) atoms. The van der Waals surface area contributed by atoms with E-state index >= 15 is 0 Å². The van der Waals surface area contributed by atoms with Crippen LogP contribution in [0.1, 0.15) is 12.0 Å². The first-order valence-electron chi connectivity index (χ1n) is 4.58. The first-order chi connectivity index (χ1) is 7.18. The molecule has 2 rings (SSSR count). The van der Waals surface area contributed by atoms with Crippen LogP contribution in [0.25, 0.3) is 0 Å². The van der Waals surface area contributed by atoms with Crippen LogP contribution in [0.5, 0.6) is 0 Å². The maximum Gasteiger partial charge on any atom is 0.138 e. The number of nitrogens with zero attached hydrogens (tertiary/aromatic N) is 2. The Kier molecular flexibility index (Phi) is 3.07. The molecule has 1 aromatic rings. The third kappa shape index (κ3) is 1.93. The Bertz CT molecular complexity index is 410. The van der Waals surface area contributed by atoms with Crippen molar-refractivity contribution in [2.75, 3.05) is 13.2 Å². The summed E-state index contributed by atoms with van der Waals surface area (Å²) < 4.78 is 14.0. The zero-order chi connectivity index (χ0) is 10.9. The zero-order valence-electron chi connectivity index (χ0n) is 7.88. The molecule has 2 nitrogen and oxygen atoms in total. The van der Waals surface area contributed by atoms with Crippen LogP contribution in [0.4, 0.5) is 4.39 Å². The van der Waals surface area contributed by atoms with E-state index in [1.807, 2.05) is 6.07 Å². The number of alkyl halides is 1. The quantitative estimate of drug-likeness (QED) is 0.783. The van der Waals surface area contributed by atoms with Gasteiger partial charge in [-0.15, -0.1) is 0 Å². The topological polar surface area (TPSA) is 24.7 Å². The molecular formula is C10H9BrClFN2. The molecule has 1 unspecified atom stereocenters. The van der Waals surface area contributed by atoms with Gasteiger partial charge in [-0.1, -0.05) is 33.6 Å². The van der Waals surface area contributed by atoms with E-state index in [1.165, 1.54) is 0 Å². The lowest BCUT2D eigenvalue weighted by Crippen LogP contribution is -2.24. The van der Waals surface area contributed by atoms with E-state index in [0.717, 1.165) is 10.0 Å². The summed E-state index contributed by atoms with van der Waals surface area (Å²) in [6.07, 6.45) is 0.588. The van der Waals surface area contributed by atoms with Gasteiger partial charge in [0.05, 0.1) is 6.54 Å². The average molecular weight is 292 g/mol. The predicted molar refractivity (Wildman–Crippen MR) is 61.1 cm³/mol. The molecule has 1 aliphatic heterocycles. The van der Waals surface area contributed by atoms with Gasteiger partial charge in [0, 0.05) is 21.5 Å². The Morgan fingerprint density at radius 1 is 1.53 bits per heavy atom. The van der Waals surface area contributed by atoms with Gasteiger partial charge in [-0.2, -0.15) is 10.2 Å². The molecular weight excluding hydrogens is 282 g/mol. The highest BCUT2D eigenvalue weighted by atomic mass is 79.9. The molecule has 5 heteroatoms. The molecule has 0 aliphatic carbocycles. The molecule has 0 fully saturated rings. The smallest absolute Gasteiger partial charge is 0.138 e. The summed E-state index contributed by atoms with van der Waals surface area (Å²) in [6.45, 7) is 0.00810. The van der Waals surface area contributed by atoms with E-state index in [2.05, 4.69) is 26.2 Å². The Balaban J connectivity index is 2.47. The molecule has 0 spiro atoms.